The molecule has 1 aromatic rings. The minimum absolute atomic E-state index is 0.133. The van der Waals surface area contributed by atoms with Gasteiger partial charge in [-0.3, -0.25) is 4.79 Å². The van der Waals surface area contributed by atoms with E-state index in [2.05, 4.69) is 0 Å². The maximum atomic E-state index is 12.2. The van der Waals surface area contributed by atoms with Crippen molar-refractivity contribution in [2.75, 3.05) is 18.0 Å². The highest BCUT2D eigenvalue weighted by molar-refractivity contribution is 7.92. The number of carbonyl (C=O) groups excluding carboxylic acids is 1. The van der Waals surface area contributed by atoms with Crippen molar-refractivity contribution in [3.8, 4) is 0 Å². The number of fused-ring (bicyclic) bond motifs is 1. The highest BCUT2D eigenvalue weighted by atomic mass is 32.2. The summed E-state index contributed by atoms with van der Waals surface area (Å²) in [5, 5.41) is -0.589. The zero-order chi connectivity index (χ0) is 13.3. The lowest BCUT2D eigenvalue weighted by atomic mass is 10.2. The van der Waals surface area contributed by atoms with Gasteiger partial charge in [-0.15, -0.1) is 0 Å². The number of sulfone groups is 1. The molecule has 1 amide bonds. The number of nitrogens with zero attached hydrogens (tertiary/aromatic N) is 1. The second-order valence-corrected chi connectivity index (χ2v) is 6.70. The fraction of sp³-hybridized carbons (Fsp3) is 0.417. The number of para-hydroxylation sites is 1. The maximum Gasteiger partial charge on any atom is 0.228 e. The number of rotatable bonds is 2. The lowest BCUT2D eigenvalue weighted by Crippen LogP contribution is -2.44. The van der Waals surface area contributed by atoms with Gasteiger partial charge in [-0.1, -0.05) is 12.1 Å². The number of amides is 1. The molecule has 0 fully saturated rings. The number of carbonyl (C=O) groups is 1. The fourth-order valence-electron chi connectivity index (χ4n) is 2.09. The summed E-state index contributed by atoms with van der Waals surface area (Å²) in [7, 11) is -3.33. The molecule has 1 aromatic carbocycles. The van der Waals surface area contributed by atoms with Crippen molar-refractivity contribution in [2.45, 2.75) is 23.5 Å². The molecule has 1 aliphatic rings. The first-order valence-corrected chi connectivity index (χ1v) is 7.36. The summed E-state index contributed by atoms with van der Waals surface area (Å²) in [6.45, 7) is 2.07. The average molecular weight is 268 g/mol. The number of benzene rings is 1. The molecule has 18 heavy (non-hydrogen) atoms. The molecule has 0 saturated heterocycles. The first kappa shape index (κ1) is 13.0. The largest absolute Gasteiger partial charge is 0.330 e. The molecule has 0 aliphatic carbocycles. The summed E-state index contributed by atoms with van der Waals surface area (Å²) < 4.78 is 24.3. The Morgan fingerprint density at radius 2 is 2.11 bits per heavy atom. The highest BCUT2D eigenvalue weighted by Crippen LogP contribution is 2.33. The van der Waals surface area contributed by atoms with Gasteiger partial charge in [0.25, 0.3) is 0 Å². The molecule has 1 aliphatic heterocycles. The molecule has 1 heterocycles. The van der Waals surface area contributed by atoms with E-state index < -0.39 is 15.1 Å². The smallest absolute Gasteiger partial charge is 0.228 e. The molecule has 6 heteroatoms. The van der Waals surface area contributed by atoms with E-state index in [9.17, 15) is 13.2 Å². The van der Waals surface area contributed by atoms with E-state index in [1.807, 2.05) is 0 Å². The third-order valence-electron chi connectivity index (χ3n) is 3.09. The molecule has 0 aromatic heterocycles. The third-order valence-corrected chi connectivity index (χ3v) is 5.26. The molecule has 98 valence electrons. The van der Waals surface area contributed by atoms with Crippen LogP contribution in [-0.2, 0) is 14.6 Å². The summed E-state index contributed by atoms with van der Waals surface area (Å²) in [5.41, 5.74) is 5.84. The molecule has 0 radical (unpaired) electrons. The summed E-state index contributed by atoms with van der Waals surface area (Å²) in [6, 6.07) is 6.60. The molecule has 1 unspecified atom stereocenters. The Hall–Kier alpha value is -1.40. The Labute approximate surface area is 107 Å². The zero-order valence-electron chi connectivity index (χ0n) is 10.2. The van der Waals surface area contributed by atoms with Crippen LogP contribution in [-0.4, -0.2) is 32.7 Å². The quantitative estimate of drug-likeness (QED) is 0.849. The standard InChI is InChI=1S/C12H16N2O3S/c1-9-8-14(12(15)6-7-13)10-4-2-3-5-11(10)18(9,16)17/h2-5,9H,6-8,13H2,1H3. The molecule has 2 rings (SSSR count). The Balaban J connectivity index is 2.52. The monoisotopic (exact) mass is 268 g/mol. The molecule has 2 N–H and O–H groups in total. The zero-order valence-corrected chi connectivity index (χ0v) is 11.0. The van der Waals surface area contributed by atoms with Crippen LogP contribution < -0.4 is 10.6 Å². The van der Waals surface area contributed by atoms with E-state index in [1.165, 1.54) is 4.90 Å². The van der Waals surface area contributed by atoms with E-state index in [0.29, 0.717) is 5.69 Å². The van der Waals surface area contributed by atoms with Crippen molar-refractivity contribution in [3.63, 3.8) is 0 Å². The SMILES string of the molecule is CC1CN(C(=O)CCN)c2ccccc2S1(=O)=O. The van der Waals surface area contributed by atoms with E-state index in [-0.39, 0.29) is 30.3 Å². The Morgan fingerprint density at radius 3 is 2.78 bits per heavy atom. The van der Waals surface area contributed by atoms with Gasteiger partial charge in [0, 0.05) is 19.5 Å². The van der Waals surface area contributed by atoms with Gasteiger partial charge in [0.05, 0.1) is 15.8 Å². The number of anilines is 1. The van der Waals surface area contributed by atoms with Gasteiger partial charge in [-0.25, -0.2) is 8.42 Å². The Kier molecular flexibility index (Phi) is 3.41. The van der Waals surface area contributed by atoms with Crippen molar-refractivity contribution in [1.82, 2.24) is 0 Å². The molecular formula is C12H16N2O3S. The highest BCUT2D eigenvalue weighted by Gasteiger charge is 2.36. The predicted molar refractivity (Wildman–Crippen MR) is 69.1 cm³/mol. The lowest BCUT2D eigenvalue weighted by Gasteiger charge is -2.32. The van der Waals surface area contributed by atoms with Gasteiger partial charge in [-0.2, -0.15) is 0 Å². The number of nitrogens with two attached hydrogens (primary N) is 1. The summed E-state index contributed by atoms with van der Waals surface area (Å²) in [5.74, 6) is -0.133. The molecule has 0 spiro atoms. The fourth-order valence-corrected chi connectivity index (χ4v) is 3.60. The first-order valence-electron chi connectivity index (χ1n) is 5.82. The van der Waals surface area contributed by atoms with E-state index >= 15 is 0 Å². The Bertz CT molecular complexity index is 568. The molecule has 0 bridgehead atoms. The van der Waals surface area contributed by atoms with Gasteiger partial charge < -0.3 is 10.6 Å². The molecular weight excluding hydrogens is 252 g/mol. The first-order chi connectivity index (χ1) is 8.48. The van der Waals surface area contributed by atoms with Crippen molar-refractivity contribution in [1.29, 1.82) is 0 Å². The average Bonchev–Trinajstić information content (AvgIpc) is 2.34. The summed E-state index contributed by atoms with van der Waals surface area (Å²) in [6.07, 6.45) is 0.223. The van der Waals surface area contributed by atoms with Gasteiger partial charge in [0.2, 0.25) is 5.91 Å². The number of hydrogen-bond acceptors (Lipinski definition) is 4. The van der Waals surface area contributed by atoms with Crippen LogP contribution in [0, 0.1) is 0 Å². The van der Waals surface area contributed by atoms with Crippen molar-refractivity contribution in [2.24, 2.45) is 5.73 Å². The molecule has 0 saturated carbocycles. The van der Waals surface area contributed by atoms with E-state index in [0.717, 1.165) is 0 Å². The number of hydrogen-bond donors (Lipinski definition) is 1. The maximum absolute atomic E-state index is 12.2. The second kappa shape index (κ2) is 4.70. The van der Waals surface area contributed by atoms with Crippen LogP contribution in [0.4, 0.5) is 5.69 Å². The minimum Gasteiger partial charge on any atom is -0.330 e. The van der Waals surface area contributed by atoms with Crippen LogP contribution in [0.2, 0.25) is 0 Å². The van der Waals surface area contributed by atoms with Crippen molar-refractivity contribution in [3.05, 3.63) is 24.3 Å². The second-order valence-electron chi connectivity index (χ2n) is 4.37. The van der Waals surface area contributed by atoms with Gasteiger partial charge in [-0.05, 0) is 19.1 Å². The normalized spacial score (nSPS) is 21.4. The molecule has 5 nitrogen and oxygen atoms in total. The topological polar surface area (TPSA) is 80.5 Å². The van der Waals surface area contributed by atoms with Crippen LogP contribution in [0.15, 0.2) is 29.2 Å². The molecule has 1 atom stereocenters. The van der Waals surface area contributed by atoms with Crippen molar-refractivity contribution >= 4 is 21.4 Å². The third kappa shape index (κ3) is 2.02. The van der Waals surface area contributed by atoms with Gasteiger partial charge >= 0.3 is 0 Å². The van der Waals surface area contributed by atoms with Crippen LogP contribution in [0.3, 0.4) is 0 Å². The summed E-state index contributed by atoms with van der Waals surface area (Å²) >= 11 is 0. The predicted octanol–water partition coefficient (Wildman–Crippen LogP) is 0.544. The van der Waals surface area contributed by atoms with Crippen LogP contribution in [0.5, 0.6) is 0 Å². The van der Waals surface area contributed by atoms with Gasteiger partial charge in [0.15, 0.2) is 9.84 Å². The summed E-state index contributed by atoms with van der Waals surface area (Å²) in [4.78, 5) is 13.7. The van der Waals surface area contributed by atoms with E-state index in [1.54, 1.807) is 31.2 Å². The van der Waals surface area contributed by atoms with Crippen LogP contribution in [0.1, 0.15) is 13.3 Å². The Morgan fingerprint density at radius 1 is 1.44 bits per heavy atom. The van der Waals surface area contributed by atoms with Gasteiger partial charge in [0.1, 0.15) is 0 Å². The van der Waals surface area contributed by atoms with E-state index in [4.69, 9.17) is 5.73 Å². The lowest BCUT2D eigenvalue weighted by molar-refractivity contribution is -0.118. The van der Waals surface area contributed by atoms with Crippen LogP contribution in [0.25, 0.3) is 0 Å². The minimum atomic E-state index is -3.33. The van der Waals surface area contributed by atoms with Crippen molar-refractivity contribution < 1.29 is 13.2 Å². The van der Waals surface area contributed by atoms with Crippen LogP contribution >= 0.6 is 0 Å².